The Morgan fingerprint density at radius 1 is 1.50 bits per heavy atom. The summed E-state index contributed by atoms with van der Waals surface area (Å²) in [6.45, 7) is 1.80. The van der Waals surface area contributed by atoms with Crippen LogP contribution in [0.5, 0.6) is 0 Å². The third kappa shape index (κ3) is 2.33. The van der Waals surface area contributed by atoms with Gasteiger partial charge in [0, 0.05) is 22.3 Å². The largest absolute Gasteiger partial charge is 0.453 e. The zero-order valence-corrected chi connectivity index (χ0v) is 10.5. The average molecular weight is 282 g/mol. The molecule has 0 radical (unpaired) electrons. The van der Waals surface area contributed by atoms with Gasteiger partial charge in [-0.3, -0.25) is 4.79 Å². The number of benzene rings is 1. The molecule has 2 rings (SSSR count). The Morgan fingerprint density at radius 2 is 2.25 bits per heavy atom. The highest BCUT2D eigenvalue weighted by molar-refractivity contribution is 9.10. The molecule has 3 nitrogen and oxygen atoms in total. The molecule has 1 unspecified atom stereocenters. The minimum absolute atomic E-state index is 0.0534. The van der Waals surface area contributed by atoms with Crippen LogP contribution >= 0.6 is 15.9 Å². The first kappa shape index (κ1) is 11.4. The molecule has 4 heteroatoms. The van der Waals surface area contributed by atoms with Crippen molar-refractivity contribution in [3.8, 4) is 0 Å². The van der Waals surface area contributed by atoms with Gasteiger partial charge in [-0.25, -0.2) is 0 Å². The van der Waals surface area contributed by atoms with Gasteiger partial charge in [0.1, 0.15) is 5.58 Å². The van der Waals surface area contributed by atoms with E-state index in [0.717, 1.165) is 15.4 Å². The van der Waals surface area contributed by atoms with Crippen molar-refractivity contribution in [2.24, 2.45) is 5.73 Å². The van der Waals surface area contributed by atoms with Crippen molar-refractivity contribution in [2.75, 3.05) is 0 Å². The van der Waals surface area contributed by atoms with Crippen molar-refractivity contribution in [3.63, 3.8) is 0 Å². The van der Waals surface area contributed by atoms with Gasteiger partial charge in [-0.1, -0.05) is 15.9 Å². The normalized spacial score (nSPS) is 12.9. The second-order valence-corrected chi connectivity index (χ2v) is 4.81. The smallest absolute Gasteiger partial charge is 0.199 e. The third-order valence-electron chi connectivity index (χ3n) is 2.26. The molecule has 1 heterocycles. The van der Waals surface area contributed by atoms with E-state index >= 15 is 0 Å². The summed E-state index contributed by atoms with van der Waals surface area (Å²) in [4.78, 5) is 11.7. The highest BCUT2D eigenvalue weighted by Gasteiger charge is 2.13. The predicted molar refractivity (Wildman–Crippen MR) is 66.5 cm³/mol. The fourth-order valence-electron chi connectivity index (χ4n) is 1.54. The molecular weight excluding hydrogens is 270 g/mol. The van der Waals surface area contributed by atoms with Gasteiger partial charge < -0.3 is 10.2 Å². The molecule has 2 N–H and O–H groups in total. The number of nitrogens with two attached hydrogens (primary N) is 1. The van der Waals surface area contributed by atoms with Gasteiger partial charge >= 0.3 is 0 Å². The topological polar surface area (TPSA) is 56.2 Å². The first-order valence-corrected chi connectivity index (χ1v) is 5.83. The molecule has 16 heavy (non-hydrogen) atoms. The van der Waals surface area contributed by atoms with Crippen molar-refractivity contribution >= 4 is 32.7 Å². The fourth-order valence-corrected chi connectivity index (χ4v) is 1.92. The SMILES string of the molecule is CC(N)CC(=O)c1cc2cc(Br)ccc2o1. The van der Waals surface area contributed by atoms with Crippen molar-refractivity contribution in [1.29, 1.82) is 0 Å². The Balaban J connectivity index is 2.36. The maximum Gasteiger partial charge on any atom is 0.199 e. The van der Waals surface area contributed by atoms with E-state index < -0.39 is 0 Å². The zero-order chi connectivity index (χ0) is 11.7. The summed E-state index contributed by atoms with van der Waals surface area (Å²) in [6, 6.07) is 7.24. The zero-order valence-electron chi connectivity index (χ0n) is 8.87. The lowest BCUT2D eigenvalue weighted by Gasteiger charge is -2.00. The molecule has 0 aliphatic heterocycles. The summed E-state index contributed by atoms with van der Waals surface area (Å²) in [5.74, 6) is 0.327. The number of fused-ring (bicyclic) bond motifs is 1. The number of hydrogen-bond donors (Lipinski definition) is 1. The standard InChI is InChI=1S/C12H12BrNO2/c1-7(14)4-10(15)12-6-8-5-9(13)2-3-11(8)16-12/h2-3,5-7H,4,14H2,1H3. The molecule has 0 spiro atoms. The van der Waals surface area contributed by atoms with E-state index in [1.54, 1.807) is 13.0 Å². The van der Waals surface area contributed by atoms with Crippen molar-refractivity contribution in [1.82, 2.24) is 0 Å². The molecule has 0 bridgehead atoms. The van der Waals surface area contributed by atoms with Gasteiger partial charge in [0.25, 0.3) is 0 Å². The van der Waals surface area contributed by atoms with Crippen LogP contribution in [0.25, 0.3) is 11.0 Å². The van der Waals surface area contributed by atoms with Crippen LogP contribution in [0.15, 0.2) is 33.2 Å². The maximum atomic E-state index is 11.7. The maximum absolute atomic E-state index is 11.7. The summed E-state index contributed by atoms with van der Waals surface area (Å²) in [6.07, 6.45) is 0.307. The molecule has 0 amide bonds. The number of carbonyl (C=O) groups is 1. The van der Waals surface area contributed by atoms with Gasteiger partial charge in [0.2, 0.25) is 0 Å². The van der Waals surface area contributed by atoms with Gasteiger partial charge in [-0.15, -0.1) is 0 Å². The Morgan fingerprint density at radius 3 is 2.94 bits per heavy atom. The lowest BCUT2D eigenvalue weighted by atomic mass is 10.1. The van der Waals surface area contributed by atoms with Crippen LogP contribution < -0.4 is 5.73 Å². The number of hydrogen-bond acceptors (Lipinski definition) is 3. The summed E-state index contributed by atoms with van der Waals surface area (Å²) in [5, 5.41) is 0.919. The Labute approximate surface area is 102 Å². The Bertz CT molecular complexity index is 531. The number of halogens is 1. The van der Waals surface area contributed by atoms with Crippen LogP contribution in [0, 0.1) is 0 Å². The second kappa shape index (κ2) is 4.39. The van der Waals surface area contributed by atoms with Crippen LogP contribution in [0.3, 0.4) is 0 Å². The van der Waals surface area contributed by atoms with E-state index in [9.17, 15) is 4.79 Å². The van der Waals surface area contributed by atoms with E-state index in [4.69, 9.17) is 10.2 Å². The molecule has 0 aliphatic carbocycles. The van der Waals surface area contributed by atoms with Crippen LogP contribution in [-0.2, 0) is 0 Å². The lowest BCUT2D eigenvalue weighted by Crippen LogP contribution is -2.19. The van der Waals surface area contributed by atoms with Gasteiger partial charge in [-0.05, 0) is 31.2 Å². The van der Waals surface area contributed by atoms with E-state index in [1.165, 1.54) is 0 Å². The highest BCUT2D eigenvalue weighted by atomic mass is 79.9. The number of carbonyl (C=O) groups excluding carboxylic acids is 1. The van der Waals surface area contributed by atoms with E-state index in [2.05, 4.69) is 15.9 Å². The first-order valence-electron chi connectivity index (χ1n) is 5.04. The molecule has 1 atom stereocenters. The van der Waals surface area contributed by atoms with Crippen LogP contribution in [0.2, 0.25) is 0 Å². The quantitative estimate of drug-likeness (QED) is 0.880. The Hall–Kier alpha value is -1.13. The number of rotatable bonds is 3. The number of furan rings is 1. The minimum atomic E-state index is -0.146. The average Bonchev–Trinajstić information content (AvgIpc) is 2.59. The fraction of sp³-hybridized carbons (Fsp3) is 0.250. The molecule has 2 aromatic rings. The molecular formula is C12H12BrNO2. The molecule has 1 aromatic carbocycles. The molecule has 0 fully saturated rings. The summed E-state index contributed by atoms with van der Waals surface area (Å²) in [7, 11) is 0. The van der Waals surface area contributed by atoms with Crippen LogP contribution in [-0.4, -0.2) is 11.8 Å². The van der Waals surface area contributed by atoms with Gasteiger partial charge in [0.15, 0.2) is 11.5 Å². The van der Waals surface area contributed by atoms with Crippen molar-refractivity contribution < 1.29 is 9.21 Å². The second-order valence-electron chi connectivity index (χ2n) is 3.90. The first-order chi connectivity index (χ1) is 7.56. The molecule has 0 aliphatic rings. The van der Waals surface area contributed by atoms with Gasteiger partial charge in [0.05, 0.1) is 0 Å². The molecule has 0 saturated heterocycles. The highest BCUT2D eigenvalue weighted by Crippen LogP contribution is 2.24. The molecule has 84 valence electrons. The van der Waals surface area contributed by atoms with E-state index in [1.807, 2.05) is 18.2 Å². The molecule has 1 aromatic heterocycles. The van der Waals surface area contributed by atoms with Crippen molar-refractivity contribution in [2.45, 2.75) is 19.4 Å². The number of Topliss-reactive ketones (excluding diaryl/α,β-unsaturated/α-hetero) is 1. The number of ketones is 1. The Kier molecular flexibility index (Phi) is 3.12. The lowest BCUT2D eigenvalue weighted by molar-refractivity contribution is 0.0951. The summed E-state index contributed by atoms with van der Waals surface area (Å²) >= 11 is 3.37. The summed E-state index contributed by atoms with van der Waals surface area (Å²) < 4.78 is 6.42. The van der Waals surface area contributed by atoms with Gasteiger partial charge in [-0.2, -0.15) is 0 Å². The predicted octanol–water partition coefficient (Wildman–Crippen LogP) is 3.12. The van der Waals surface area contributed by atoms with E-state index in [0.29, 0.717) is 12.2 Å². The minimum Gasteiger partial charge on any atom is -0.453 e. The van der Waals surface area contributed by atoms with Crippen LogP contribution in [0.4, 0.5) is 0 Å². The van der Waals surface area contributed by atoms with Crippen LogP contribution in [0.1, 0.15) is 23.9 Å². The summed E-state index contributed by atoms with van der Waals surface area (Å²) in [5.41, 5.74) is 6.30. The van der Waals surface area contributed by atoms with E-state index in [-0.39, 0.29) is 11.8 Å². The van der Waals surface area contributed by atoms with Crippen molar-refractivity contribution in [3.05, 3.63) is 34.5 Å². The monoisotopic (exact) mass is 281 g/mol. The molecule has 0 saturated carbocycles. The third-order valence-corrected chi connectivity index (χ3v) is 2.75.